The first kappa shape index (κ1) is 21.8. The van der Waals surface area contributed by atoms with Gasteiger partial charge in [0.15, 0.2) is 0 Å². The van der Waals surface area contributed by atoms with Crippen molar-refractivity contribution in [2.75, 3.05) is 19.6 Å². The molecule has 0 radical (unpaired) electrons. The third-order valence-electron chi connectivity index (χ3n) is 4.47. The zero-order valence-electron chi connectivity index (χ0n) is 16.4. The molecule has 7 heteroatoms. The maximum atomic E-state index is 13.0. The number of likely N-dealkylation sites (tertiary alicyclic amines) is 1. The fourth-order valence-corrected chi connectivity index (χ4v) is 3.45. The van der Waals surface area contributed by atoms with Crippen LogP contribution in [0.1, 0.15) is 46.1 Å². The fraction of sp³-hybridized carbons (Fsp3) is 0.600. The molecular formula is C20H28Cl2N2O3. The first-order valence-electron chi connectivity index (χ1n) is 9.31. The summed E-state index contributed by atoms with van der Waals surface area (Å²) in [5, 5.41) is 0.974. The Morgan fingerprint density at radius 2 is 1.96 bits per heavy atom. The van der Waals surface area contributed by atoms with Gasteiger partial charge in [-0.15, -0.1) is 0 Å². The van der Waals surface area contributed by atoms with Crippen molar-refractivity contribution in [2.45, 2.75) is 52.7 Å². The number of hydrogen-bond donors (Lipinski definition) is 0. The van der Waals surface area contributed by atoms with Crippen LogP contribution in [0.5, 0.6) is 0 Å². The van der Waals surface area contributed by atoms with Gasteiger partial charge in [-0.1, -0.05) is 29.3 Å². The van der Waals surface area contributed by atoms with Crippen LogP contribution in [0.4, 0.5) is 4.79 Å². The molecule has 0 unspecified atom stereocenters. The summed E-state index contributed by atoms with van der Waals surface area (Å²) in [6.07, 6.45) is 1.21. The summed E-state index contributed by atoms with van der Waals surface area (Å²) in [5.74, 6) is -0.161. The van der Waals surface area contributed by atoms with Crippen LogP contribution in [0.2, 0.25) is 10.0 Å². The maximum absolute atomic E-state index is 13.0. The SMILES string of the molecule is CCN(Cc1ccc(Cl)c(Cl)c1)C(=O)[C@H]1CCCN(C(=O)OC(C)(C)C)C1. The molecule has 1 atom stereocenters. The van der Waals surface area contributed by atoms with E-state index >= 15 is 0 Å². The molecule has 0 spiro atoms. The number of hydrogen-bond acceptors (Lipinski definition) is 3. The zero-order chi connectivity index (χ0) is 20.2. The molecular weight excluding hydrogens is 387 g/mol. The molecule has 0 aliphatic carbocycles. The molecule has 0 bridgehead atoms. The minimum absolute atomic E-state index is 0.0526. The highest BCUT2D eigenvalue weighted by atomic mass is 35.5. The second kappa shape index (κ2) is 9.16. The second-order valence-corrected chi connectivity index (χ2v) is 8.68. The minimum Gasteiger partial charge on any atom is -0.444 e. The number of piperidine rings is 1. The first-order valence-corrected chi connectivity index (χ1v) is 10.1. The lowest BCUT2D eigenvalue weighted by molar-refractivity contribution is -0.137. The van der Waals surface area contributed by atoms with Crippen molar-refractivity contribution >= 4 is 35.2 Å². The number of carbonyl (C=O) groups excluding carboxylic acids is 2. The lowest BCUT2D eigenvalue weighted by Crippen LogP contribution is -2.47. The van der Waals surface area contributed by atoms with E-state index in [1.165, 1.54) is 0 Å². The standard InChI is InChI=1S/C20H28Cl2N2O3/c1-5-23(12-14-8-9-16(21)17(22)11-14)18(25)15-7-6-10-24(13-15)19(26)27-20(2,3)4/h8-9,11,15H,5-7,10,12-13H2,1-4H3/t15-/m0/s1. The van der Waals surface area contributed by atoms with E-state index in [9.17, 15) is 9.59 Å². The van der Waals surface area contributed by atoms with Crippen LogP contribution < -0.4 is 0 Å². The van der Waals surface area contributed by atoms with Gasteiger partial charge in [-0.2, -0.15) is 0 Å². The number of halogens is 2. The van der Waals surface area contributed by atoms with E-state index in [1.807, 2.05) is 33.8 Å². The molecule has 2 rings (SSSR count). The number of rotatable bonds is 4. The van der Waals surface area contributed by atoms with Gasteiger partial charge in [0, 0.05) is 26.2 Å². The lowest BCUT2D eigenvalue weighted by Gasteiger charge is -2.35. The van der Waals surface area contributed by atoms with Crippen LogP contribution in [0.3, 0.4) is 0 Å². The number of amides is 2. The molecule has 1 aromatic carbocycles. The Balaban J connectivity index is 2.03. The molecule has 0 aromatic heterocycles. The quantitative estimate of drug-likeness (QED) is 0.696. The lowest BCUT2D eigenvalue weighted by atomic mass is 9.96. The van der Waals surface area contributed by atoms with E-state index in [2.05, 4.69) is 0 Å². The van der Waals surface area contributed by atoms with Crippen LogP contribution in [0.25, 0.3) is 0 Å². The highest BCUT2D eigenvalue weighted by molar-refractivity contribution is 6.42. The van der Waals surface area contributed by atoms with E-state index < -0.39 is 5.60 Å². The van der Waals surface area contributed by atoms with E-state index in [-0.39, 0.29) is 17.9 Å². The second-order valence-electron chi connectivity index (χ2n) is 7.87. The van der Waals surface area contributed by atoms with Crippen molar-refractivity contribution in [2.24, 2.45) is 5.92 Å². The molecule has 1 aliphatic rings. The van der Waals surface area contributed by atoms with Crippen LogP contribution in [-0.4, -0.2) is 47.0 Å². The van der Waals surface area contributed by atoms with Crippen LogP contribution in [0.15, 0.2) is 18.2 Å². The van der Waals surface area contributed by atoms with Crippen molar-refractivity contribution in [3.8, 4) is 0 Å². The van der Waals surface area contributed by atoms with E-state index in [1.54, 1.807) is 21.9 Å². The third kappa shape index (κ3) is 6.28. The molecule has 1 heterocycles. The van der Waals surface area contributed by atoms with Crippen LogP contribution in [-0.2, 0) is 16.1 Å². The number of benzene rings is 1. The third-order valence-corrected chi connectivity index (χ3v) is 5.21. The first-order chi connectivity index (χ1) is 12.6. The van der Waals surface area contributed by atoms with Crippen LogP contribution in [0, 0.1) is 5.92 Å². The largest absolute Gasteiger partial charge is 0.444 e. The van der Waals surface area contributed by atoms with Gasteiger partial charge in [0.05, 0.1) is 16.0 Å². The average Bonchev–Trinajstić information content (AvgIpc) is 2.60. The van der Waals surface area contributed by atoms with Gasteiger partial charge in [0.1, 0.15) is 5.60 Å². The Hall–Kier alpha value is -1.46. The predicted molar refractivity (Wildman–Crippen MR) is 108 cm³/mol. The molecule has 1 aliphatic heterocycles. The molecule has 0 saturated carbocycles. The van der Waals surface area contributed by atoms with E-state index in [4.69, 9.17) is 27.9 Å². The van der Waals surface area contributed by atoms with Crippen molar-refractivity contribution in [3.63, 3.8) is 0 Å². The van der Waals surface area contributed by atoms with Gasteiger partial charge < -0.3 is 14.5 Å². The molecule has 27 heavy (non-hydrogen) atoms. The van der Waals surface area contributed by atoms with Crippen molar-refractivity contribution < 1.29 is 14.3 Å². The molecule has 0 N–H and O–H groups in total. The fourth-order valence-electron chi connectivity index (χ4n) is 3.13. The Labute approximate surface area is 171 Å². The Morgan fingerprint density at radius 1 is 1.26 bits per heavy atom. The average molecular weight is 415 g/mol. The van der Waals surface area contributed by atoms with E-state index in [0.29, 0.717) is 36.2 Å². The van der Waals surface area contributed by atoms with Gasteiger partial charge >= 0.3 is 6.09 Å². The van der Waals surface area contributed by atoms with Gasteiger partial charge in [-0.3, -0.25) is 4.79 Å². The summed E-state index contributed by atoms with van der Waals surface area (Å²) in [6.45, 7) is 9.54. The summed E-state index contributed by atoms with van der Waals surface area (Å²) in [7, 11) is 0. The Morgan fingerprint density at radius 3 is 2.56 bits per heavy atom. The molecule has 1 fully saturated rings. The highest BCUT2D eigenvalue weighted by Gasteiger charge is 2.32. The normalized spacial score (nSPS) is 17.6. The van der Waals surface area contributed by atoms with Gasteiger partial charge in [0.2, 0.25) is 5.91 Å². The van der Waals surface area contributed by atoms with Crippen LogP contribution >= 0.6 is 23.2 Å². The molecule has 5 nitrogen and oxygen atoms in total. The van der Waals surface area contributed by atoms with Gasteiger partial charge in [-0.25, -0.2) is 4.79 Å². The summed E-state index contributed by atoms with van der Waals surface area (Å²) in [4.78, 5) is 28.8. The molecule has 1 aromatic rings. The summed E-state index contributed by atoms with van der Waals surface area (Å²) >= 11 is 12.0. The molecule has 2 amide bonds. The predicted octanol–water partition coefficient (Wildman–Crippen LogP) is 4.99. The van der Waals surface area contributed by atoms with Crippen molar-refractivity contribution in [3.05, 3.63) is 33.8 Å². The Kier molecular flexibility index (Phi) is 7.40. The summed E-state index contributed by atoms with van der Waals surface area (Å²) < 4.78 is 5.45. The number of nitrogens with zero attached hydrogens (tertiary/aromatic N) is 2. The summed E-state index contributed by atoms with van der Waals surface area (Å²) in [6, 6.07) is 5.40. The monoisotopic (exact) mass is 414 g/mol. The van der Waals surface area contributed by atoms with Gasteiger partial charge in [-0.05, 0) is 58.2 Å². The van der Waals surface area contributed by atoms with Crippen molar-refractivity contribution in [1.29, 1.82) is 0 Å². The molecule has 1 saturated heterocycles. The topological polar surface area (TPSA) is 49.9 Å². The summed E-state index contributed by atoms with van der Waals surface area (Å²) in [5.41, 5.74) is 0.386. The number of carbonyl (C=O) groups is 2. The van der Waals surface area contributed by atoms with Gasteiger partial charge in [0.25, 0.3) is 0 Å². The maximum Gasteiger partial charge on any atom is 0.410 e. The molecule has 150 valence electrons. The Bertz CT molecular complexity index is 688. The zero-order valence-corrected chi connectivity index (χ0v) is 17.9. The van der Waals surface area contributed by atoms with E-state index in [0.717, 1.165) is 18.4 Å². The van der Waals surface area contributed by atoms with Crippen molar-refractivity contribution in [1.82, 2.24) is 9.80 Å². The highest BCUT2D eigenvalue weighted by Crippen LogP contribution is 2.25. The number of ether oxygens (including phenoxy) is 1. The smallest absolute Gasteiger partial charge is 0.410 e. The minimum atomic E-state index is -0.544.